The summed E-state index contributed by atoms with van der Waals surface area (Å²) in [6.45, 7) is 5.17. The van der Waals surface area contributed by atoms with Gasteiger partial charge in [0.15, 0.2) is 0 Å². The summed E-state index contributed by atoms with van der Waals surface area (Å²) < 4.78 is 0. The fraction of sp³-hybridized carbons (Fsp3) is 0.500. The predicted molar refractivity (Wildman–Crippen MR) is 93.2 cm³/mol. The van der Waals surface area contributed by atoms with Gasteiger partial charge in [-0.1, -0.05) is 19.1 Å². The summed E-state index contributed by atoms with van der Waals surface area (Å²) in [5.41, 5.74) is 0.492. The van der Waals surface area contributed by atoms with Crippen molar-refractivity contribution in [2.45, 2.75) is 33.2 Å². The summed E-state index contributed by atoms with van der Waals surface area (Å²) in [7, 11) is 0. The molecule has 136 valence electrons. The zero-order chi connectivity index (χ0) is 18.4. The van der Waals surface area contributed by atoms with E-state index in [0.29, 0.717) is 25.1 Å². The summed E-state index contributed by atoms with van der Waals surface area (Å²) in [4.78, 5) is 37.0. The Morgan fingerprint density at radius 3 is 2.68 bits per heavy atom. The number of likely N-dealkylation sites (tertiary alicyclic amines) is 1. The Bertz CT molecular complexity index is 661. The molecule has 7 heteroatoms. The molecule has 2 rings (SSSR count). The lowest BCUT2D eigenvalue weighted by atomic mass is 9.90. The SMILES string of the molecule is CCCNC(=O)c1cccc(CNC(=O)N2CCC(C)(C(=O)O)C2)c1. The molecule has 0 radical (unpaired) electrons. The van der Waals surface area contributed by atoms with Gasteiger partial charge >= 0.3 is 12.0 Å². The highest BCUT2D eigenvalue weighted by Crippen LogP contribution is 2.29. The largest absolute Gasteiger partial charge is 0.481 e. The number of carbonyl (C=O) groups excluding carboxylic acids is 2. The molecular weight excluding hydrogens is 322 g/mol. The lowest BCUT2D eigenvalue weighted by Gasteiger charge is -2.20. The van der Waals surface area contributed by atoms with Crippen molar-refractivity contribution in [2.24, 2.45) is 5.41 Å². The van der Waals surface area contributed by atoms with Crippen molar-refractivity contribution in [1.82, 2.24) is 15.5 Å². The van der Waals surface area contributed by atoms with Gasteiger partial charge in [0.2, 0.25) is 0 Å². The Morgan fingerprint density at radius 2 is 2.04 bits per heavy atom. The lowest BCUT2D eigenvalue weighted by molar-refractivity contribution is -0.147. The number of carbonyl (C=O) groups is 3. The summed E-state index contributed by atoms with van der Waals surface area (Å²) in [5, 5.41) is 14.8. The van der Waals surface area contributed by atoms with E-state index in [1.54, 1.807) is 25.1 Å². The molecule has 1 aromatic carbocycles. The minimum Gasteiger partial charge on any atom is -0.481 e. The first-order chi connectivity index (χ1) is 11.9. The van der Waals surface area contributed by atoms with Crippen LogP contribution >= 0.6 is 0 Å². The molecule has 1 aliphatic heterocycles. The van der Waals surface area contributed by atoms with Crippen molar-refractivity contribution in [3.8, 4) is 0 Å². The molecule has 0 saturated carbocycles. The fourth-order valence-corrected chi connectivity index (χ4v) is 2.76. The van der Waals surface area contributed by atoms with Crippen molar-refractivity contribution in [3.63, 3.8) is 0 Å². The number of amides is 3. The highest BCUT2D eigenvalue weighted by molar-refractivity contribution is 5.94. The van der Waals surface area contributed by atoms with E-state index >= 15 is 0 Å². The average molecular weight is 347 g/mol. The number of carboxylic acids is 1. The zero-order valence-corrected chi connectivity index (χ0v) is 14.7. The molecule has 1 atom stereocenters. The summed E-state index contributed by atoms with van der Waals surface area (Å²) >= 11 is 0. The normalized spacial score (nSPS) is 19.5. The highest BCUT2D eigenvalue weighted by Gasteiger charge is 2.42. The molecule has 7 nitrogen and oxygen atoms in total. The maximum atomic E-state index is 12.2. The van der Waals surface area contributed by atoms with E-state index in [-0.39, 0.29) is 25.0 Å². The predicted octanol–water partition coefficient (Wildman–Crippen LogP) is 1.83. The van der Waals surface area contributed by atoms with E-state index in [4.69, 9.17) is 0 Å². The van der Waals surface area contributed by atoms with E-state index in [1.165, 1.54) is 4.90 Å². The van der Waals surface area contributed by atoms with Crippen LogP contribution in [0.4, 0.5) is 4.79 Å². The molecule has 1 aliphatic rings. The molecule has 1 aromatic rings. The smallest absolute Gasteiger partial charge is 0.317 e. The molecule has 0 spiro atoms. The summed E-state index contributed by atoms with van der Waals surface area (Å²) in [6, 6.07) is 6.80. The van der Waals surface area contributed by atoms with Crippen LogP contribution in [0.5, 0.6) is 0 Å². The van der Waals surface area contributed by atoms with Crippen LogP contribution in [0.15, 0.2) is 24.3 Å². The lowest BCUT2D eigenvalue weighted by Crippen LogP contribution is -2.40. The van der Waals surface area contributed by atoms with E-state index in [9.17, 15) is 19.5 Å². The molecular formula is C18H25N3O4. The zero-order valence-electron chi connectivity index (χ0n) is 14.7. The molecule has 1 saturated heterocycles. The second-order valence-corrected chi connectivity index (χ2v) is 6.65. The van der Waals surface area contributed by atoms with Crippen LogP contribution in [0, 0.1) is 5.41 Å². The topological polar surface area (TPSA) is 98.7 Å². The number of hydrogen-bond donors (Lipinski definition) is 3. The van der Waals surface area contributed by atoms with Gasteiger partial charge in [0, 0.05) is 31.7 Å². The Hall–Kier alpha value is -2.57. The third-order valence-corrected chi connectivity index (χ3v) is 4.45. The number of hydrogen-bond acceptors (Lipinski definition) is 3. The van der Waals surface area contributed by atoms with Gasteiger partial charge in [-0.15, -0.1) is 0 Å². The third-order valence-electron chi connectivity index (χ3n) is 4.45. The quantitative estimate of drug-likeness (QED) is 0.731. The van der Waals surface area contributed by atoms with E-state index in [0.717, 1.165) is 12.0 Å². The Labute approximate surface area is 147 Å². The first-order valence-electron chi connectivity index (χ1n) is 8.49. The first kappa shape index (κ1) is 18.8. The molecule has 25 heavy (non-hydrogen) atoms. The van der Waals surface area contributed by atoms with Crippen molar-refractivity contribution >= 4 is 17.9 Å². The second-order valence-electron chi connectivity index (χ2n) is 6.65. The van der Waals surface area contributed by atoms with Crippen molar-refractivity contribution in [1.29, 1.82) is 0 Å². The molecule has 3 amide bonds. The maximum Gasteiger partial charge on any atom is 0.317 e. The Kier molecular flexibility index (Phi) is 6.01. The van der Waals surface area contributed by atoms with Gasteiger partial charge in [-0.25, -0.2) is 4.79 Å². The number of nitrogens with zero attached hydrogens (tertiary/aromatic N) is 1. The number of urea groups is 1. The van der Waals surface area contributed by atoms with Crippen molar-refractivity contribution < 1.29 is 19.5 Å². The average Bonchev–Trinajstić information content (AvgIpc) is 3.01. The molecule has 1 unspecified atom stereocenters. The van der Waals surface area contributed by atoms with Crippen LogP contribution in [0.2, 0.25) is 0 Å². The van der Waals surface area contributed by atoms with Crippen LogP contribution in [-0.4, -0.2) is 47.5 Å². The highest BCUT2D eigenvalue weighted by atomic mass is 16.4. The van der Waals surface area contributed by atoms with Gasteiger partial charge in [0.25, 0.3) is 5.91 Å². The van der Waals surface area contributed by atoms with Crippen LogP contribution in [0.3, 0.4) is 0 Å². The number of nitrogens with one attached hydrogen (secondary N) is 2. The minimum atomic E-state index is -0.881. The molecule has 3 N–H and O–H groups in total. The summed E-state index contributed by atoms with van der Waals surface area (Å²) in [5.74, 6) is -1.01. The van der Waals surface area contributed by atoms with E-state index in [1.807, 2.05) is 13.0 Å². The van der Waals surface area contributed by atoms with Gasteiger partial charge in [-0.05, 0) is 37.5 Å². The number of aliphatic carboxylic acids is 1. The van der Waals surface area contributed by atoms with Crippen LogP contribution < -0.4 is 10.6 Å². The Balaban J connectivity index is 1.90. The second kappa shape index (κ2) is 8.00. The molecule has 1 fully saturated rings. The van der Waals surface area contributed by atoms with Crippen LogP contribution in [0.1, 0.15) is 42.6 Å². The maximum absolute atomic E-state index is 12.2. The number of rotatable bonds is 6. The summed E-state index contributed by atoms with van der Waals surface area (Å²) in [6.07, 6.45) is 1.31. The van der Waals surface area contributed by atoms with Gasteiger partial charge < -0.3 is 20.6 Å². The Morgan fingerprint density at radius 1 is 1.28 bits per heavy atom. The van der Waals surface area contributed by atoms with Crippen LogP contribution in [-0.2, 0) is 11.3 Å². The molecule has 0 aromatic heterocycles. The molecule has 0 aliphatic carbocycles. The fourth-order valence-electron chi connectivity index (χ4n) is 2.76. The number of carboxylic acid groups (broad SMARTS) is 1. The number of benzene rings is 1. The van der Waals surface area contributed by atoms with E-state index in [2.05, 4.69) is 10.6 Å². The van der Waals surface area contributed by atoms with Gasteiger partial charge in [-0.3, -0.25) is 9.59 Å². The standard InChI is InChI=1S/C18H25N3O4/c1-3-8-19-15(22)14-6-4-5-13(10-14)11-20-17(25)21-9-7-18(2,12-21)16(23)24/h4-6,10H,3,7-9,11-12H2,1-2H3,(H,19,22)(H,20,25)(H,23,24). The van der Waals surface area contributed by atoms with E-state index < -0.39 is 11.4 Å². The first-order valence-corrected chi connectivity index (χ1v) is 8.49. The van der Waals surface area contributed by atoms with Crippen LogP contribution in [0.25, 0.3) is 0 Å². The monoisotopic (exact) mass is 347 g/mol. The van der Waals surface area contributed by atoms with Gasteiger partial charge in [-0.2, -0.15) is 0 Å². The van der Waals surface area contributed by atoms with Crippen molar-refractivity contribution in [3.05, 3.63) is 35.4 Å². The van der Waals surface area contributed by atoms with Gasteiger partial charge in [0.1, 0.15) is 0 Å². The molecule has 1 heterocycles. The minimum absolute atomic E-state index is 0.133. The van der Waals surface area contributed by atoms with Crippen molar-refractivity contribution in [2.75, 3.05) is 19.6 Å². The van der Waals surface area contributed by atoms with Gasteiger partial charge in [0.05, 0.1) is 5.41 Å². The molecule has 0 bridgehead atoms. The third kappa shape index (κ3) is 4.71.